The van der Waals surface area contributed by atoms with E-state index in [9.17, 15) is 22.4 Å². The second-order valence-corrected chi connectivity index (χ2v) is 6.73. The summed E-state index contributed by atoms with van der Waals surface area (Å²) in [5.74, 6) is -0.462. The molecule has 0 spiro atoms. The highest BCUT2D eigenvalue weighted by molar-refractivity contribution is 5.76. The Labute approximate surface area is 144 Å². The van der Waals surface area contributed by atoms with E-state index in [0.29, 0.717) is 12.0 Å². The Kier molecular flexibility index (Phi) is 8.15. The van der Waals surface area contributed by atoms with E-state index in [4.69, 9.17) is 0 Å². The van der Waals surface area contributed by atoms with Gasteiger partial charge in [-0.05, 0) is 29.5 Å². The van der Waals surface area contributed by atoms with Crippen LogP contribution < -0.4 is 10.1 Å². The first-order valence-electron chi connectivity index (χ1n) is 7.81. The van der Waals surface area contributed by atoms with Gasteiger partial charge in [-0.25, -0.2) is 0 Å². The van der Waals surface area contributed by atoms with Gasteiger partial charge in [0, 0.05) is 6.42 Å². The lowest BCUT2D eigenvalue weighted by molar-refractivity contribution is -0.139. The molecule has 0 fully saturated rings. The highest BCUT2D eigenvalue weighted by atomic mass is 19.3. The van der Waals surface area contributed by atoms with Gasteiger partial charge in [-0.15, -0.1) is 0 Å². The quantitative estimate of drug-likeness (QED) is 0.655. The summed E-state index contributed by atoms with van der Waals surface area (Å²) in [6, 6.07) is 4.62. The van der Waals surface area contributed by atoms with Crippen LogP contribution >= 0.6 is 0 Å². The molecule has 0 unspecified atom stereocenters. The number of alkyl halides is 4. The van der Waals surface area contributed by atoms with Crippen LogP contribution in [0, 0.1) is 5.41 Å². The smallest absolute Gasteiger partial charge is 0.387 e. The molecule has 8 heteroatoms. The maximum Gasteiger partial charge on any atom is 0.387 e. The summed E-state index contributed by atoms with van der Waals surface area (Å²) in [4.78, 5) is 12.1. The van der Waals surface area contributed by atoms with Crippen molar-refractivity contribution in [1.29, 1.82) is 0 Å². The van der Waals surface area contributed by atoms with Crippen LogP contribution in [0.5, 0.6) is 5.75 Å². The van der Waals surface area contributed by atoms with Crippen molar-refractivity contribution in [2.24, 2.45) is 5.41 Å². The van der Waals surface area contributed by atoms with E-state index in [-0.39, 0.29) is 23.5 Å². The molecule has 0 aromatic heterocycles. The molecule has 0 saturated carbocycles. The first kappa shape index (κ1) is 21.2. The standard InChI is InChI=1S/C17H23F4NO3/c1-17(2,3)8-7-14(23)22-13(10-24-15(18)19)11-5-4-6-12(9-11)25-16(20)21/h4-6,9,13,15-16H,7-8,10H2,1-3H3,(H,22,23)/t13-/m0/s1. The van der Waals surface area contributed by atoms with Gasteiger partial charge in [-0.1, -0.05) is 32.9 Å². The molecule has 0 heterocycles. The molecule has 0 radical (unpaired) electrons. The Hall–Kier alpha value is -1.83. The van der Waals surface area contributed by atoms with Gasteiger partial charge in [0.05, 0.1) is 12.6 Å². The maximum absolute atomic E-state index is 12.3. The molecule has 1 rings (SSSR count). The second kappa shape index (κ2) is 9.60. The van der Waals surface area contributed by atoms with Crippen LogP contribution in [0.15, 0.2) is 24.3 Å². The minimum absolute atomic E-state index is 0.0582. The normalized spacial score (nSPS) is 13.2. The number of carbonyl (C=O) groups is 1. The average Bonchev–Trinajstić information content (AvgIpc) is 2.48. The Morgan fingerprint density at radius 2 is 1.84 bits per heavy atom. The number of ether oxygens (including phenoxy) is 2. The third-order valence-corrected chi connectivity index (χ3v) is 3.31. The first-order valence-corrected chi connectivity index (χ1v) is 7.81. The number of hydrogen-bond acceptors (Lipinski definition) is 3. The van der Waals surface area contributed by atoms with Crippen molar-refractivity contribution in [2.75, 3.05) is 6.61 Å². The molecule has 1 N–H and O–H groups in total. The minimum Gasteiger partial charge on any atom is -0.435 e. The van der Waals surface area contributed by atoms with Crippen LogP contribution in [0.2, 0.25) is 0 Å². The fourth-order valence-corrected chi connectivity index (χ4v) is 2.05. The second-order valence-electron chi connectivity index (χ2n) is 6.73. The predicted octanol–water partition coefficient (Wildman–Crippen LogP) is 4.51. The summed E-state index contributed by atoms with van der Waals surface area (Å²) in [7, 11) is 0. The molecule has 142 valence electrons. The largest absolute Gasteiger partial charge is 0.435 e. The van der Waals surface area contributed by atoms with Crippen molar-refractivity contribution in [3.05, 3.63) is 29.8 Å². The summed E-state index contributed by atoms with van der Waals surface area (Å²) >= 11 is 0. The fourth-order valence-electron chi connectivity index (χ4n) is 2.05. The molecule has 0 aliphatic carbocycles. The number of rotatable bonds is 9. The maximum atomic E-state index is 12.3. The molecule has 0 aliphatic heterocycles. The lowest BCUT2D eigenvalue weighted by Gasteiger charge is -2.22. The molecule has 1 amide bonds. The van der Waals surface area contributed by atoms with E-state index in [0.717, 1.165) is 0 Å². The predicted molar refractivity (Wildman–Crippen MR) is 84.6 cm³/mol. The van der Waals surface area contributed by atoms with E-state index in [1.807, 2.05) is 20.8 Å². The summed E-state index contributed by atoms with van der Waals surface area (Å²) in [6.45, 7) is -0.576. The van der Waals surface area contributed by atoms with Crippen LogP contribution in [0.25, 0.3) is 0 Å². The van der Waals surface area contributed by atoms with Gasteiger partial charge >= 0.3 is 13.2 Å². The zero-order chi connectivity index (χ0) is 19.0. The summed E-state index contributed by atoms with van der Waals surface area (Å²) < 4.78 is 57.9. The third-order valence-electron chi connectivity index (χ3n) is 3.31. The SMILES string of the molecule is CC(C)(C)CCC(=O)N[C@@H](COC(F)F)c1cccc(OC(F)F)c1. The molecule has 1 aromatic rings. The molecule has 4 nitrogen and oxygen atoms in total. The number of benzene rings is 1. The molecule has 25 heavy (non-hydrogen) atoms. The van der Waals surface area contributed by atoms with Crippen LogP contribution in [-0.4, -0.2) is 25.7 Å². The van der Waals surface area contributed by atoms with Crippen molar-refractivity contribution in [3.63, 3.8) is 0 Å². The Balaban J connectivity index is 2.83. The van der Waals surface area contributed by atoms with Crippen LogP contribution in [-0.2, 0) is 9.53 Å². The van der Waals surface area contributed by atoms with E-state index >= 15 is 0 Å². The monoisotopic (exact) mass is 365 g/mol. The van der Waals surface area contributed by atoms with Gasteiger partial charge in [-0.3, -0.25) is 4.79 Å². The van der Waals surface area contributed by atoms with Crippen molar-refractivity contribution in [1.82, 2.24) is 5.32 Å². The molecule has 1 atom stereocenters. The van der Waals surface area contributed by atoms with E-state index < -0.39 is 25.9 Å². The van der Waals surface area contributed by atoms with Gasteiger partial charge < -0.3 is 14.8 Å². The topological polar surface area (TPSA) is 47.6 Å². The van der Waals surface area contributed by atoms with Crippen molar-refractivity contribution < 1.29 is 31.8 Å². The van der Waals surface area contributed by atoms with Crippen LogP contribution in [0.4, 0.5) is 17.6 Å². The van der Waals surface area contributed by atoms with Gasteiger partial charge in [0.2, 0.25) is 5.91 Å². The Bertz CT molecular complexity index is 547. The van der Waals surface area contributed by atoms with Gasteiger partial charge in [0.1, 0.15) is 5.75 Å². The first-order chi connectivity index (χ1) is 11.6. The summed E-state index contributed by atoms with van der Waals surface area (Å²) in [5, 5.41) is 2.60. The van der Waals surface area contributed by atoms with Gasteiger partial charge in [-0.2, -0.15) is 17.6 Å². The van der Waals surface area contributed by atoms with Crippen molar-refractivity contribution >= 4 is 5.91 Å². The van der Waals surface area contributed by atoms with E-state index in [2.05, 4.69) is 14.8 Å². The number of hydrogen-bond donors (Lipinski definition) is 1. The molecule has 0 bridgehead atoms. The Morgan fingerprint density at radius 1 is 1.16 bits per heavy atom. The fraction of sp³-hybridized carbons (Fsp3) is 0.588. The number of nitrogens with one attached hydrogen (secondary N) is 1. The molecule has 1 aromatic carbocycles. The van der Waals surface area contributed by atoms with E-state index in [1.165, 1.54) is 24.3 Å². The zero-order valence-electron chi connectivity index (χ0n) is 14.4. The van der Waals surface area contributed by atoms with Crippen molar-refractivity contribution in [3.8, 4) is 5.75 Å². The highest BCUT2D eigenvalue weighted by Gasteiger charge is 2.20. The lowest BCUT2D eigenvalue weighted by Crippen LogP contribution is -2.32. The molecule has 0 saturated heterocycles. The third kappa shape index (κ3) is 9.28. The number of halogens is 4. The summed E-state index contributed by atoms with van der Waals surface area (Å²) in [5.41, 5.74) is 0.278. The Morgan fingerprint density at radius 3 is 2.40 bits per heavy atom. The van der Waals surface area contributed by atoms with Gasteiger partial charge in [0.25, 0.3) is 0 Å². The number of carbonyl (C=O) groups excluding carboxylic acids is 1. The molecule has 0 aliphatic rings. The van der Waals surface area contributed by atoms with Crippen molar-refractivity contribution in [2.45, 2.75) is 52.9 Å². The van der Waals surface area contributed by atoms with Crippen LogP contribution in [0.3, 0.4) is 0 Å². The summed E-state index contributed by atoms with van der Waals surface area (Å²) in [6.07, 6.45) is 0.817. The van der Waals surface area contributed by atoms with Gasteiger partial charge in [0.15, 0.2) is 0 Å². The minimum atomic E-state index is -3.01. The van der Waals surface area contributed by atoms with Crippen LogP contribution in [0.1, 0.15) is 45.2 Å². The van der Waals surface area contributed by atoms with E-state index in [1.54, 1.807) is 0 Å². The molecular formula is C17H23F4NO3. The average molecular weight is 365 g/mol. The highest BCUT2D eigenvalue weighted by Crippen LogP contribution is 2.23. The number of amides is 1. The lowest BCUT2D eigenvalue weighted by atomic mass is 9.90. The zero-order valence-corrected chi connectivity index (χ0v) is 14.4. The molecular weight excluding hydrogens is 342 g/mol.